The van der Waals surface area contributed by atoms with Crippen LogP contribution >= 0.6 is 0 Å². The Kier molecular flexibility index (Phi) is 6.79. The van der Waals surface area contributed by atoms with Gasteiger partial charge in [0.2, 0.25) is 5.69 Å². The number of amides is 1. The quantitative estimate of drug-likeness (QED) is 0.312. The molecule has 5 N–H and O–H groups in total. The molecule has 3 aliphatic carbocycles. The third-order valence-electron chi connectivity index (χ3n) is 7.10. The third-order valence-corrected chi connectivity index (χ3v) is 7.10. The highest BCUT2D eigenvalue weighted by molar-refractivity contribution is 6.10. The number of pyridine rings is 1. The normalized spacial score (nSPS) is 26.2. The lowest BCUT2D eigenvalue weighted by Gasteiger charge is -2.36. The molecule has 182 valence electrons. The summed E-state index contributed by atoms with van der Waals surface area (Å²) in [5, 5.41) is 35.8. The topological polar surface area (TPSA) is 119 Å². The molecule has 0 spiro atoms. The lowest BCUT2D eigenvalue weighted by atomic mass is 9.79. The monoisotopic (exact) mass is 467 g/mol. The Labute approximate surface area is 200 Å². The van der Waals surface area contributed by atoms with Crippen molar-refractivity contribution >= 4 is 11.6 Å². The van der Waals surface area contributed by atoms with Crippen LogP contribution in [-0.2, 0) is 4.74 Å². The molecule has 4 rings (SSSR count). The van der Waals surface area contributed by atoms with Gasteiger partial charge >= 0.3 is 11.6 Å². The average Bonchev–Trinajstić information content (AvgIpc) is 3.66. The molecule has 8 nitrogen and oxygen atoms in total. The van der Waals surface area contributed by atoms with E-state index in [0.717, 1.165) is 43.3 Å². The van der Waals surface area contributed by atoms with E-state index in [4.69, 9.17) is 10.1 Å². The Morgan fingerprint density at radius 2 is 1.94 bits per heavy atom. The summed E-state index contributed by atoms with van der Waals surface area (Å²) in [6, 6.07) is 5.30. The van der Waals surface area contributed by atoms with E-state index in [1.54, 1.807) is 36.6 Å². The molecule has 1 aromatic rings. The van der Waals surface area contributed by atoms with Gasteiger partial charge in [-0.2, -0.15) is 0 Å². The molecule has 0 radical (unpaired) electrons. The van der Waals surface area contributed by atoms with Gasteiger partial charge < -0.3 is 25.9 Å². The second kappa shape index (κ2) is 9.62. The number of hydrogen-bond donors (Lipinski definition) is 5. The number of rotatable bonds is 7. The molecule has 0 saturated heterocycles. The lowest BCUT2D eigenvalue weighted by molar-refractivity contribution is -0.911. The Hall–Kier alpha value is -3.13. The molecule has 0 bridgehead atoms. The van der Waals surface area contributed by atoms with Crippen molar-refractivity contribution in [2.45, 2.75) is 69.9 Å². The fourth-order valence-electron chi connectivity index (χ4n) is 4.82. The summed E-state index contributed by atoms with van der Waals surface area (Å²) in [7, 11) is 1.49. The van der Waals surface area contributed by atoms with E-state index < -0.39 is 11.5 Å². The van der Waals surface area contributed by atoms with E-state index in [1.807, 2.05) is 13.8 Å². The molecule has 2 saturated carbocycles. The summed E-state index contributed by atoms with van der Waals surface area (Å²) in [4.78, 5) is 13.0. The molecule has 0 aliphatic heterocycles. The third kappa shape index (κ3) is 5.01. The van der Waals surface area contributed by atoms with Gasteiger partial charge in [-0.1, -0.05) is 13.8 Å². The standard InChI is InChI=1S/C26H34N4O4/c1-16(2)22-5-4-6-23(30(22)33)25(31)29-21-13-17(20(27)14-24(21)34-3)15-28-19-9-11-26(32,12-10-19)18-7-8-18/h4-6,13-16,18-19,27,31-33H,7-12H2,1-3H3/p+1/t19-,26-. The van der Waals surface area contributed by atoms with Gasteiger partial charge in [-0.25, -0.2) is 0 Å². The van der Waals surface area contributed by atoms with Crippen molar-refractivity contribution in [3.05, 3.63) is 65.0 Å². The van der Waals surface area contributed by atoms with Crippen LogP contribution in [-0.4, -0.2) is 40.7 Å². The van der Waals surface area contributed by atoms with Crippen molar-refractivity contribution in [2.75, 3.05) is 7.11 Å². The van der Waals surface area contributed by atoms with E-state index in [0.29, 0.717) is 28.6 Å². The van der Waals surface area contributed by atoms with Crippen molar-refractivity contribution < 1.29 is 24.6 Å². The Bertz CT molecular complexity index is 1060. The second-order valence-electron chi connectivity index (χ2n) is 9.86. The van der Waals surface area contributed by atoms with E-state index in [9.17, 15) is 15.1 Å². The Morgan fingerprint density at radius 1 is 1.24 bits per heavy atom. The second-order valence-corrected chi connectivity index (χ2v) is 9.86. The number of hydrogen-bond acceptors (Lipinski definition) is 6. The number of carbonyl (C=O) groups excluding carboxylic acids is 1. The predicted molar refractivity (Wildman–Crippen MR) is 127 cm³/mol. The molecule has 34 heavy (non-hydrogen) atoms. The van der Waals surface area contributed by atoms with Crippen LogP contribution in [0.1, 0.15) is 74.5 Å². The molecule has 3 aliphatic rings. The zero-order valence-corrected chi connectivity index (χ0v) is 20.1. The fraction of sp³-hybridized carbons (Fsp3) is 0.500. The first kappa shape index (κ1) is 24.0. The maximum Gasteiger partial charge on any atom is 0.325 e. The number of allylic oxidation sites excluding steroid dienone is 3. The van der Waals surface area contributed by atoms with Crippen molar-refractivity contribution in [1.82, 2.24) is 10.6 Å². The van der Waals surface area contributed by atoms with Crippen LogP contribution in [0.4, 0.5) is 0 Å². The minimum absolute atomic E-state index is 0.0437. The molecule has 1 heterocycles. The molecular weight excluding hydrogens is 432 g/mol. The first-order valence-electron chi connectivity index (χ1n) is 12.0. The number of aromatic nitrogens is 1. The van der Waals surface area contributed by atoms with E-state index >= 15 is 0 Å². The molecule has 0 atom stereocenters. The summed E-state index contributed by atoms with van der Waals surface area (Å²) >= 11 is 0. The summed E-state index contributed by atoms with van der Waals surface area (Å²) in [5.74, 6) is 0.407. The molecule has 0 unspecified atom stereocenters. The van der Waals surface area contributed by atoms with Gasteiger partial charge in [-0.3, -0.25) is 10.0 Å². The zero-order chi connectivity index (χ0) is 24.5. The maximum atomic E-state index is 13.0. The first-order chi connectivity index (χ1) is 16.2. The maximum absolute atomic E-state index is 13.0. The van der Waals surface area contributed by atoms with Crippen molar-refractivity contribution in [3.63, 3.8) is 0 Å². The average molecular weight is 468 g/mol. The number of ether oxygens (including phenoxy) is 1. The highest BCUT2D eigenvalue weighted by Gasteiger charge is 2.45. The van der Waals surface area contributed by atoms with Crippen molar-refractivity contribution in [1.29, 1.82) is 5.41 Å². The van der Waals surface area contributed by atoms with Crippen molar-refractivity contribution in [2.24, 2.45) is 5.92 Å². The van der Waals surface area contributed by atoms with Gasteiger partial charge in [-0.15, -0.1) is 0 Å². The number of aliphatic hydroxyl groups is 1. The molecule has 1 aromatic heterocycles. The molecule has 0 aromatic carbocycles. The highest BCUT2D eigenvalue weighted by atomic mass is 16.5. The van der Waals surface area contributed by atoms with Crippen LogP contribution in [0.15, 0.2) is 53.6 Å². The van der Waals surface area contributed by atoms with Crippen LogP contribution in [0, 0.1) is 11.3 Å². The number of methoxy groups -OCH3 is 1. The highest BCUT2D eigenvalue weighted by Crippen LogP contribution is 2.47. The molecular formula is C26H35N4O4+. The lowest BCUT2D eigenvalue weighted by Crippen LogP contribution is -2.45. The smallest absolute Gasteiger partial charge is 0.325 e. The van der Waals surface area contributed by atoms with Crippen LogP contribution in [0.3, 0.4) is 0 Å². The van der Waals surface area contributed by atoms with Gasteiger partial charge in [0.05, 0.1) is 24.1 Å². The van der Waals surface area contributed by atoms with Crippen LogP contribution in [0.25, 0.3) is 0 Å². The van der Waals surface area contributed by atoms with E-state index in [2.05, 4.69) is 10.6 Å². The number of carbonyl (C=O) groups is 1. The van der Waals surface area contributed by atoms with Gasteiger partial charge in [-0.05, 0) is 56.6 Å². The van der Waals surface area contributed by atoms with Gasteiger partial charge in [0.15, 0.2) is 0 Å². The first-order valence-corrected chi connectivity index (χ1v) is 12.0. The largest absolute Gasteiger partial charge is 0.494 e. The van der Waals surface area contributed by atoms with Gasteiger partial charge in [0.25, 0.3) is 0 Å². The Morgan fingerprint density at radius 3 is 2.56 bits per heavy atom. The molecule has 8 heteroatoms. The van der Waals surface area contributed by atoms with Crippen LogP contribution in [0.5, 0.6) is 0 Å². The summed E-state index contributed by atoms with van der Waals surface area (Å²) < 4.78 is 6.30. The van der Waals surface area contributed by atoms with Gasteiger partial charge in [0.1, 0.15) is 5.76 Å². The van der Waals surface area contributed by atoms with Crippen LogP contribution < -0.4 is 15.4 Å². The van der Waals surface area contributed by atoms with Crippen LogP contribution in [0.2, 0.25) is 0 Å². The summed E-state index contributed by atoms with van der Waals surface area (Å²) in [6.45, 7) is 3.88. The van der Waals surface area contributed by atoms with Crippen molar-refractivity contribution in [3.8, 4) is 0 Å². The van der Waals surface area contributed by atoms with E-state index in [1.165, 1.54) is 7.11 Å². The predicted octanol–water partition coefficient (Wildman–Crippen LogP) is 3.07. The minimum Gasteiger partial charge on any atom is -0.494 e. The number of nitrogens with one attached hydrogen (secondary N) is 3. The minimum atomic E-state index is -0.493. The summed E-state index contributed by atoms with van der Waals surface area (Å²) in [6.07, 6.45) is 10.7. The number of nitrogens with zero attached hydrogens (tertiary/aromatic N) is 1. The Balaban J connectivity index is 1.47. The summed E-state index contributed by atoms with van der Waals surface area (Å²) in [5.41, 5.74) is 1.54. The fourth-order valence-corrected chi connectivity index (χ4v) is 4.82. The zero-order valence-electron chi connectivity index (χ0n) is 20.1. The van der Waals surface area contributed by atoms with E-state index in [-0.39, 0.29) is 23.4 Å². The SMILES string of the molecule is COC1=CC(=N)/C(=C\N[C@H]2CC[C@@](O)(C3CC3)CC2)C=C1NC(=O)c1cccc(C(C)C)[n+]1O. The molecule has 2 fully saturated rings. The van der Waals surface area contributed by atoms with Gasteiger partial charge in [0, 0.05) is 46.7 Å². The molecule has 1 amide bonds.